The van der Waals surface area contributed by atoms with Crippen LogP contribution in [0.15, 0.2) is 88.8 Å². The molecule has 0 radical (unpaired) electrons. The van der Waals surface area contributed by atoms with Gasteiger partial charge in [-0.1, -0.05) is 116 Å². The highest BCUT2D eigenvalue weighted by atomic mass is 16.6. The minimum Gasteiger partial charge on any atom is -0.497 e. The Kier molecular flexibility index (Phi) is 16.8. The van der Waals surface area contributed by atoms with Crippen LogP contribution in [0.25, 0.3) is 11.0 Å². The average molecular weight is 885 g/mol. The maximum atomic E-state index is 11.8. The molecule has 0 spiro atoms. The number of aliphatic hydroxyl groups is 1. The third-order valence-corrected chi connectivity index (χ3v) is 11.0. The molecular weight excluding hydrogens is 817 g/mol. The first-order chi connectivity index (χ1) is 31.2. The summed E-state index contributed by atoms with van der Waals surface area (Å²) in [6.07, 6.45) is 1.56. The second-order valence-corrected chi connectivity index (χ2v) is 18.4. The lowest BCUT2D eigenvalue weighted by Gasteiger charge is -2.37. The highest BCUT2D eigenvalue weighted by Gasteiger charge is 2.43. The third-order valence-electron chi connectivity index (χ3n) is 11.0. The minimum absolute atomic E-state index is 0.0363. The van der Waals surface area contributed by atoms with Gasteiger partial charge in [-0.3, -0.25) is 0 Å². The van der Waals surface area contributed by atoms with Crippen LogP contribution in [0.5, 0.6) is 11.5 Å². The zero-order valence-corrected chi connectivity index (χ0v) is 40.1. The summed E-state index contributed by atoms with van der Waals surface area (Å²) in [4.78, 5) is 24.3. The number of aromatic nitrogens is 4. The minimum atomic E-state index is -1.10. The van der Waals surface area contributed by atoms with Gasteiger partial charge in [0.2, 0.25) is 0 Å². The van der Waals surface area contributed by atoms with E-state index >= 15 is 0 Å². The van der Waals surface area contributed by atoms with Gasteiger partial charge in [0.15, 0.2) is 17.7 Å². The smallest absolute Gasteiger partial charge is 0.254 e. The maximum Gasteiger partial charge on any atom is 0.254 e. The number of methoxy groups -OCH3 is 2. The summed E-state index contributed by atoms with van der Waals surface area (Å²) in [6, 6.07) is 25.8. The van der Waals surface area contributed by atoms with Crippen LogP contribution in [0.2, 0.25) is 0 Å². The predicted molar refractivity (Wildman–Crippen MR) is 259 cm³/mol. The molecule has 1 fully saturated rings. The fourth-order valence-electron chi connectivity index (χ4n) is 8.35. The van der Waals surface area contributed by atoms with Crippen molar-refractivity contribution in [3.63, 3.8) is 0 Å². The van der Waals surface area contributed by atoms with E-state index in [4.69, 9.17) is 44.0 Å². The standard InChI is InChI=1S/C52H68N8O5/c1-12-16-44-48-49(53-33-58(28-35(2)3)29-36(4)5)55-51(54-34-59(30-37(6)7)31-38(8)9)56-50(48)60(57-44)47-27-45(61)46(65-47)32-64-52(39-17-14-13-15-18-39,40-19-23-42(62-10)24-20-40)41-21-25-43(63-11)26-22-41/h13-15,17-26,33-38,45-47,61H,27-32H2,1-11H3/b53-33+,54-34+. The number of ether oxygens (including phenoxy) is 4. The number of aliphatic imine (C=N–C) groups is 2. The van der Waals surface area contributed by atoms with E-state index in [1.165, 1.54) is 0 Å². The van der Waals surface area contributed by atoms with Crippen LogP contribution in [0.1, 0.15) is 97.3 Å². The van der Waals surface area contributed by atoms with Crippen molar-refractivity contribution in [3.05, 3.63) is 101 Å². The van der Waals surface area contributed by atoms with E-state index in [0.717, 1.165) is 54.4 Å². The second kappa shape index (κ2) is 22.4. The molecule has 0 bridgehead atoms. The van der Waals surface area contributed by atoms with Crippen molar-refractivity contribution in [3.8, 4) is 23.3 Å². The molecule has 2 aromatic heterocycles. The van der Waals surface area contributed by atoms with Gasteiger partial charge in [0, 0.05) is 32.6 Å². The van der Waals surface area contributed by atoms with Gasteiger partial charge in [0.25, 0.3) is 5.95 Å². The van der Waals surface area contributed by atoms with E-state index in [1.807, 2.05) is 91.5 Å². The highest BCUT2D eigenvalue weighted by molar-refractivity contribution is 5.92. The first kappa shape index (κ1) is 48.6. The molecule has 3 unspecified atom stereocenters. The van der Waals surface area contributed by atoms with Crippen molar-refractivity contribution in [1.29, 1.82) is 0 Å². The van der Waals surface area contributed by atoms with Crippen LogP contribution in [-0.4, -0.2) is 107 Å². The summed E-state index contributed by atoms with van der Waals surface area (Å²) in [5.74, 6) is 10.0. The van der Waals surface area contributed by atoms with Crippen LogP contribution in [0, 0.1) is 35.5 Å². The molecule has 3 heterocycles. The van der Waals surface area contributed by atoms with Gasteiger partial charge in [-0.25, -0.2) is 14.7 Å². The van der Waals surface area contributed by atoms with Crippen molar-refractivity contribution >= 4 is 35.5 Å². The Bertz CT molecular complexity index is 2330. The van der Waals surface area contributed by atoms with Crippen LogP contribution in [0.3, 0.4) is 0 Å². The average Bonchev–Trinajstić information content (AvgIpc) is 3.84. The molecule has 346 valence electrons. The molecule has 5 aromatic rings. The lowest BCUT2D eigenvalue weighted by atomic mass is 9.80. The Labute approximate surface area is 385 Å². The van der Waals surface area contributed by atoms with Crippen molar-refractivity contribution in [1.82, 2.24) is 29.5 Å². The largest absolute Gasteiger partial charge is 0.497 e. The van der Waals surface area contributed by atoms with Crippen LogP contribution in [-0.2, 0) is 15.1 Å². The van der Waals surface area contributed by atoms with Crippen LogP contribution >= 0.6 is 0 Å². The monoisotopic (exact) mass is 885 g/mol. The number of nitrogens with zero attached hydrogens (tertiary/aromatic N) is 8. The van der Waals surface area contributed by atoms with E-state index < -0.39 is 24.0 Å². The molecule has 1 N–H and O–H groups in total. The Morgan fingerprint density at radius 2 is 1.26 bits per heavy atom. The molecule has 0 amide bonds. The van der Waals surface area contributed by atoms with Crippen molar-refractivity contribution in [2.24, 2.45) is 33.7 Å². The second-order valence-electron chi connectivity index (χ2n) is 18.4. The lowest BCUT2D eigenvalue weighted by Crippen LogP contribution is -2.38. The first-order valence-electron chi connectivity index (χ1n) is 22.9. The van der Waals surface area contributed by atoms with Crippen LogP contribution in [0.4, 0.5) is 11.8 Å². The maximum absolute atomic E-state index is 11.8. The van der Waals surface area contributed by atoms with Gasteiger partial charge in [0.05, 0.1) is 39.6 Å². The van der Waals surface area contributed by atoms with E-state index in [1.54, 1.807) is 25.8 Å². The van der Waals surface area contributed by atoms with E-state index in [2.05, 4.69) is 77.0 Å². The molecule has 3 atom stereocenters. The summed E-state index contributed by atoms with van der Waals surface area (Å²) in [5.41, 5.74) is 2.47. The highest BCUT2D eigenvalue weighted by Crippen LogP contribution is 2.43. The van der Waals surface area contributed by atoms with Gasteiger partial charge >= 0.3 is 0 Å². The van der Waals surface area contributed by atoms with Gasteiger partial charge in [-0.15, -0.1) is 0 Å². The normalized spacial score (nSPS) is 16.7. The Balaban J connectivity index is 1.42. The number of hydrogen-bond donors (Lipinski definition) is 1. The molecule has 1 aliphatic heterocycles. The zero-order chi connectivity index (χ0) is 46.7. The number of fused-ring (bicyclic) bond motifs is 1. The summed E-state index contributed by atoms with van der Waals surface area (Å²) in [5, 5.41) is 17.4. The van der Waals surface area contributed by atoms with Gasteiger partial charge < -0.3 is 33.9 Å². The van der Waals surface area contributed by atoms with Gasteiger partial charge in [-0.2, -0.15) is 15.1 Å². The van der Waals surface area contributed by atoms with Crippen molar-refractivity contribution < 1.29 is 24.1 Å². The summed E-state index contributed by atoms with van der Waals surface area (Å²) in [6.45, 7) is 22.7. The molecule has 65 heavy (non-hydrogen) atoms. The third kappa shape index (κ3) is 12.1. The molecular formula is C52H68N8O5. The van der Waals surface area contributed by atoms with Gasteiger partial charge in [-0.05, 0) is 77.5 Å². The molecule has 0 aliphatic carbocycles. The molecule has 13 heteroatoms. The Morgan fingerprint density at radius 3 is 1.75 bits per heavy atom. The molecule has 1 aliphatic rings. The number of aliphatic hydroxyl groups excluding tert-OH is 1. The first-order valence-corrected chi connectivity index (χ1v) is 22.9. The summed E-state index contributed by atoms with van der Waals surface area (Å²) >= 11 is 0. The van der Waals surface area contributed by atoms with E-state index in [9.17, 15) is 5.11 Å². The van der Waals surface area contributed by atoms with Crippen molar-refractivity contribution in [2.75, 3.05) is 47.0 Å². The summed E-state index contributed by atoms with van der Waals surface area (Å²) < 4.78 is 26.7. The molecule has 6 rings (SSSR count). The number of benzene rings is 3. The van der Waals surface area contributed by atoms with E-state index in [-0.39, 0.29) is 19.0 Å². The molecule has 3 aromatic carbocycles. The number of hydrogen-bond acceptors (Lipinski definition) is 10. The molecule has 13 nitrogen and oxygen atoms in total. The summed E-state index contributed by atoms with van der Waals surface area (Å²) in [7, 11) is 3.29. The zero-order valence-electron chi connectivity index (χ0n) is 40.1. The topological polar surface area (TPSA) is 132 Å². The Hall–Kier alpha value is -5.81. The van der Waals surface area contributed by atoms with Crippen molar-refractivity contribution in [2.45, 2.75) is 92.8 Å². The van der Waals surface area contributed by atoms with E-state index in [0.29, 0.717) is 46.2 Å². The fraction of sp³-hybridized carbons (Fsp3) is 0.481. The SMILES string of the molecule is CC#Cc1nn(C2CC(O)C(COC(c3ccccc3)(c3ccc(OC)cc3)c3ccc(OC)cc3)O2)c2nc(/N=C/N(CC(C)C)CC(C)C)nc(/N=C/N(CC(C)C)CC(C)C)c12. The van der Waals surface area contributed by atoms with Gasteiger partial charge in [0.1, 0.15) is 34.3 Å². The molecule has 0 saturated carbocycles. The van der Waals surface area contributed by atoms with Crippen LogP contribution < -0.4 is 9.47 Å². The Morgan fingerprint density at radius 1 is 0.754 bits per heavy atom. The lowest BCUT2D eigenvalue weighted by molar-refractivity contribution is -0.0950. The predicted octanol–water partition coefficient (Wildman–Crippen LogP) is 9.42. The number of rotatable bonds is 21. The molecule has 1 saturated heterocycles. The quantitative estimate of drug-likeness (QED) is 0.0329. The fourth-order valence-corrected chi connectivity index (χ4v) is 8.35.